The molecule has 1 atom stereocenters. The molecule has 3 N–H and O–H groups in total. The molecule has 21 heavy (non-hydrogen) atoms. The van der Waals surface area contributed by atoms with Crippen molar-refractivity contribution in [3.8, 4) is 0 Å². The lowest BCUT2D eigenvalue weighted by atomic mass is 9.99. The SMILES string of the molecule is C=CC(=O)Nc1ccc(S(=O)N2CCC(CN)CC2)cc1. The molecule has 0 radical (unpaired) electrons. The van der Waals surface area contributed by atoms with Gasteiger partial charge in [-0.25, -0.2) is 8.51 Å². The van der Waals surface area contributed by atoms with Crippen molar-refractivity contribution in [3.63, 3.8) is 0 Å². The summed E-state index contributed by atoms with van der Waals surface area (Å²) in [6.07, 6.45) is 3.21. The van der Waals surface area contributed by atoms with Crippen LogP contribution in [0.5, 0.6) is 0 Å². The summed E-state index contributed by atoms with van der Waals surface area (Å²) in [5, 5.41) is 2.67. The van der Waals surface area contributed by atoms with E-state index in [1.54, 1.807) is 24.3 Å². The molecule has 1 aromatic carbocycles. The molecule has 0 bridgehead atoms. The molecule has 1 aliphatic rings. The summed E-state index contributed by atoms with van der Waals surface area (Å²) in [5.41, 5.74) is 6.34. The first-order valence-electron chi connectivity index (χ1n) is 7.04. The van der Waals surface area contributed by atoms with E-state index in [0.717, 1.165) is 30.8 Å². The van der Waals surface area contributed by atoms with Gasteiger partial charge in [0, 0.05) is 18.8 Å². The second-order valence-electron chi connectivity index (χ2n) is 5.08. The third-order valence-corrected chi connectivity index (χ3v) is 5.16. The smallest absolute Gasteiger partial charge is 0.247 e. The van der Waals surface area contributed by atoms with Gasteiger partial charge in [-0.3, -0.25) is 4.79 Å². The number of nitrogens with zero attached hydrogens (tertiary/aromatic N) is 1. The van der Waals surface area contributed by atoms with Gasteiger partial charge in [0.05, 0.1) is 4.90 Å². The molecule has 1 saturated heterocycles. The maximum Gasteiger partial charge on any atom is 0.247 e. The van der Waals surface area contributed by atoms with Gasteiger partial charge in [0.25, 0.3) is 0 Å². The first-order valence-corrected chi connectivity index (χ1v) is 8.15. The molecule has 1 amide bonds. The number of anilines is 1. The van der Waals surface area contributed by atoms with Crippen LogP contribution >= 0.6 is 0 Å². The van der Waals surface area contributed by atoms with Gasteiger partial charge in [-0.2, -0.15) is 0 Å². The van der Waals surface area contributed by atoms with E-state index >= 15 is 0 Å². The molecule has 1 aliphatic heterocycles. The fourth-order valence-corrected chi connectivity index (χ4v) is 3.52. The Morgan fingerprint density at radius 1 is 1.38 bits per heavy atom. The molecule has 1 heterocycles. The van der Waals surface area contributed by atoms with E-state index in [2.05, 4.69) is 11.9 Å². The minimum atomic E-state index is -1.15. The lowest BCUT2D eigenvalue weighted by molar-refractivity contribution is -0.111. The molecule has 0 aliphatic carbocycles. The van der Waals surface area contributed by atoms with Crippen molar-refractivity contribution in [2.45, 2.75) is 17.7 Å². The van der Waals surface area contributed by atoms with Crippen molar-refractivity contribution in [1.29, 1.82) is 0 Å². The molecular weight excluding hydrogens is 286 g/mol. The van der Waals surface area contributed by atoms with Gasteiger partial charge in [-0.05, 0) is 55.6 Å². The highest BCUT2D eigenvalue weighted by molar-refractivity contribution is 7.82. The number of piperidine rings is 1. The number of hydrogen-bond donors (Lipinski definition) is 2. The summed E-state index contributed by atoms with van der Waals surface area (Å²) in [6, 6.07) is 7.07. The summed E-state index contributed by atoms with van der Waals surface area (Å²) >= 11 is 0. The maximum absolute atomic E-state index is 12.5. The number of nitrogens with one attached hydrogen (secondary N) is 1. The summed E-state index contributed by atoms with van der Waals surface area (Å²) in [6.45, 7) is 5.73. The standard InChI is InChI=1S/C15H21N3O2S/c1-2-15(19)17-13-3-5-14(6-4-13)21(20)18-9-7-12(11-16)8-10-18/h2-6,12H,1,7-11,16H2,(H,17,19). The molecule has 0 aromatic heterocycles. The number of carbonyl (C=O) groups is 1. The molecule has 0 spiro atoms. The Balaban J connectivity index is 1.97. The van der Waals surface area contributed by atoms with E-state index in [0.29, 0.717) is 18.2 Å². The Morgan fingerprint density at radius 3 is 2.52 bits per heavy atom. The number of nitrogens with two attached hydrogens (primary N) is 1. The summed E-state index contributed by atoms with van der Waals surface area (Å²) in [5.74, 6) is 0.294. The zero-order chi connectivity index (χ0) is 15.2. The van der Waals surface area contributed by atoms with Crippen LogP contribution in [0.2, 0.25) is 0 Å². The van der Waals surface area contributed by atoms with Gasteiger partial charge >= 0.3 is 0 Å². The Labute approximate surface area is 127 Å². The molecule has 6 heteroatoms. The normalized spacial score (nSPS) is 18.1. The van der Waals surface area contributed by atoms with Gasteiger partial charge in [-0.1, -0.05) is 6.58 Å². The van der Waals surface area contributed by atoms with Gasteiger partial charge in [0.15, 0.2) is 0 Å². The fraction of sp³-hybridized carbons (Fsp3) is 0.400. The molecule has 1 fully saturated rings. The summed E-state index contributed by atoms with van der Waals surface area (Å²) in [7, 11) is -1.15. The van der Waals surface area contributed by atoms with E-state index in [4.69, 9.17) is 5.73 Å². The predicted molar refractivity (Wildman–Crippen MR) is 85.0 cm³/mol. The van der Waals surface area contributed by atoms with Crippen LogP contribution in [0.25, 0.3) is 0 Å². The van der Waals surface area contributed by atoms with E-state index in [9.17, 15) is 9.00 Å². The lowest BCUT2D eigenvalue weighted by Crippen LogP contribution is -2.37. The number of benzene rings is 1. The predicted octanol–water partition coefficient (Wildman–Crippen LogP) is 1.50. The second-order valence-corrected chi connectivity index (χ2v) is 6.56. The molecule has 0 saturated carbocycles. The highest BCUT2D eigenvalue weighted by atomic mass is 32.2. The van der Waals surface area contributed by atoms with Gasteiger partial charge < -0.3 is 11.1 Å². The third-order valence-electron chi connectivity index (χ3n) is 3.65. The number of amides is 1. The molecule has 2 rings (SSSR count). The average molecular weight is 307 g/mol. The van der Waals surface area contributed by atoms with Crippen molar-refractivity contribution < 1.29 is 9.00 Å². The van der Waals surface area contributed by atoms with Crippen LogP contribution in [0.1, 0.15) is 12.8 Å². The Morgan fingerprint density at radius 2 is 2.00 bits per heavy atom. The molecule has 114 valence electrons. The lowest BCUT2D eigenvalue weighted by Gasteiger charge is -2.30. The Hall–Kier alpha value is -1.50. The van der Waals surface area contributed by atoms with Crippen LogP contribution in [0, 0.1) is 5.92 Å². The average Bonchev–Trinajstić information content (AvgIpc) is 2.55. The largest absolute Gasteiger partial charge is 0.330 e. The summed E-state index contributed by atoms with van der Waals surface area (Å²) in [4.78, 5) is 11.9. The third kappa shape index (κ3) is 4.23. The quantitative estimate of drug-likeness (QED) is 0.810. The Bertz CT molecular complexity index is 522. The Kier molecular flexibility index (Phi) is 5.67. The summed E-state index contributed by atoms with van der Waals surface area (Å²) < 4.78 is 14.5. The van der Waals surface area contributed by atoms with Crippen molar-refractivity contribution in [2.24, 2.45) is 11.7 Å². The highest BCUT2D eigenvalue weighted by Gasteiger charge is 2.22. The van der Waals surface area contributed by atoms with E-state index in [-0.39, 0.29) is 5.91 Å². The zero-order valence-corrected chi connectivity index (χ0v) is 12.8. The number of carbonyl (C=O) groups excluding carboxylic acids is 1. The van der Waals surface area contributed by atoms with Crippen molar-refractivity contribution >= 4 is 22.6 Å². The minimum absolute atomic E-state index is 0.257. The highest BCUT2D eigenvalue weighted by Crippen LogP contribution is 2.21. The minimum Gasteiger partial charge on any atom is -0.330 e. The van der Waals surface area contributed by atoms with Crippen molar-refractivity contribution in [3.05, 3.63) is 36.9 Å². The van der Waals surface area contributed by atoms with Gasteiger partial charge in [0.1, 0.15) is 11.0 Å². The van der Waals surface area contributed by atoms with Crippen LogP contribution in [-0.4, -0.2) is 34.1 Å². The maximum atomic E-state index is 12.5. The number of hydrogen-bond acceptors (Lipinski definition) is 3. The molecule has 1 unspecified atom stereocenters. The van der Waals surface area contributed by atoms with Crippen molar-refractivity contribution in [1.82, 2.24) is 4.31 Å². The van der Waals surface area contributed by atoms with E-state index in [1.165, 1.54) is 6.08 Å². The zero-order valence-electron chi connectivity index (χ0n) is 12.0. The van der Waals surface area contributed by atoms with Crippen LogP contribution in [0.15, 0.2) is 41.8 Å². The second kappa shape index (κ2) is 7.49. The first kappa shape index (κ1) is 15.9. The van der Waals surface area contributed by atoms with E-state index < -0.39 is 11.0 Å². The van der Waals surface area contributed by atoms with Crippen molar-refractivity contribution in [2.75, 3.05) is 25.0 Å². The topological polar surface area (TPSA) is 75.4 Å². The van der Waals surface area contributed by atoms with Crippen LogP contribution in [0.4, 0.5) is 5.69 Å². The molecular formula is C15H21N3O2S. The monoisotopic (exact) mass is 307 g/mol. The van der Waals surface area contributed by atoms with Crippen LogP contribution in [0.3, 0.4) is 0 Å². The number of rotatable bonds is 5. The van der Waals surface area contributed by atoms with Crippen LogP contribution in [-0.2, 0) is 15.8 Å². The van der Waals surface area contributed by atoms with Gasteiger partial charge in [-0.15, -0.1) is 0 Å². The molecule has 1 aromatic rings. The van der Waals surface area contributed by atoms with Crippen LogP contribution < -0.4 is 11.1 Å². The molecule has 5 nitrogen and oxygen atoms in total. The fourth-order valence-electron chi connectivity index (χ4n) is 2.31. The first-order chi connectivity index (χ1) is 10.1. The van der Waals surface area contributed by atoms with E-state index in [1.807, 2.05) is 4.31 Å². The van der Waals surface area contributed by atoms with Gasteiger partial charge in [0.2, 0.25) is 5.91 Å².